The van der Waals surface area contributed by atoms with E-state index < -0.39 is 0 Å². The van der Waals surface area contributed by atoms with Gasteiger partial charge in [0.2, 0.25) is 5.88 Å². The predicted octanol–water partition coefficient (Wildman–Crippen LogP) is 1.98. The van der Waals surface area contributed by atoms with Crippen LogP contribution in [0.1, 0.15) is 29.6 Å². The summed E-state index contributed by atoms with van der Waals surface area (Å²) in [4.78, 5) is 16.1. The molecule has 16 heavy (non-hydrogen) atoms. The minimum absolute atomic E-state index is 0.0842. The van der Waals surface area contributed by atoms with Gasteiger partial charge in [0.05, 0.1) is 7.11 Å². The van der Waals surface area contributed by atoms with Crippen molar-refractivity contribution in [1.82, 2.24) is 10.3 Å². The quantitative estimate of drug-likeness (QED) is 0.861. The molecule has 0 saturated heterocycles. The molecule has 1 aromatic heterocycles. The van der Waals surface area contributed by atoms with Crippen molar-refractivity contribution in [2.24, 2.45) is 0 Å². The van der Waals surface area contributed by atoms with Crippen molar-refractivity contribution in [3.63, 3.8) is 0 Å². The van der Waals surface area contributed by atoms with E-state index in [4.69, 9.17) is 4.74 Å². The summed E-state index contributed by atoms with van der Waals surface area (Å²) in [6.07, 6.45) is 4.99. The molecule has 1 heterocycles. The van der Waals surface area contributed by atoms with Gasteiger partial charge in [-0.15, -0.1) is 0 Å². The highest BCUT2D eigenvalue weighted by atomic mass is 127. The maximum atomic E-state index is 12.0. The molecule has 5 heteroatoms. The third-order valence-corrected chi connectivity index (χ3v) is 3.63. The Labute approximate surface area is 108 Å². The molecule has 0 unspecified atom stereocenters. The first-order valence-corrected chi connectivity index (χ1v) is 6.29. The molecule has 2 rings (SSSR count). The number of aromatic nitrogens is 1. The Morgan fingerprint density at radius 2 is 2.38 bits per heavy atom. The lowest BCUT2D eigenvalue weighted by Crippen LogP contribution is -2.39. The van der Waals surface area contributed by atoms with E-state index in [2.05, 4.69) is 32.9 Å². The van der Waals surface area contributed by atoms with Crippen molar-refractivity contribution < 1.29 is 9.53 Å². The van der Waals surface area contributed by atoms with E-state index in [1.165, 1.54) is 13.5 Å². The van der Waals surface area contributed by atoms with Gasteiger partial charge in [0, 0.05) is 15.8 Å². The van der Waals surface area contributed by atoms with Crippen LogP contribution in [0.2, 0.25) is 0 Å². The van der Waals surface area contributed by atoms with Gasteiger partial charge in [-0.3, -0.25) is 4.79 Å². The number of nitrogens with one attached hydrogen (secondary N) is 1. The van der Waals surface area contributed by atoms with E-state index >= 15 is 0 Å². The molecule has 1 aliphatic carbocycles. The smallest absolute Gasteiger partial charge is 0.258 e. The molecule has 1 amide bonds. The second-order valence-electron chi connectivity index (χ2n) is 3.78. The molecule has 1 fully saturated rings. The Morgan fingerprint density at radius 1 is 1.62 bits per heavy atom. The molecule has 0 spiro atoms. The van der Waals surface area contributed by atoms with Crippen molar-refractivity contribution in [3.05, 3.63) is 21.4 Å². The topological polar surface area (TPSA) is 51.2 Å². The molecule has 1 aromatic rings. The molecule has 0 aliphatic heterocycles. The number of hydrogen-bond donors (Lipinski definition) is 1. The SMILES string of the molecule is COc1nccc(I)c1C(=O)NC1CCC1. The van der Waals surface area contributed by atoms with Crippen LogP contribution in [0.4, 0.5) is 0 Å². The van der Waals surface area contributed by atoms with Gasteiger partial charge in [0.1, 0.15) is 5.56 Å². The van der Waals surface area contributed by atoms with Crippen molar-refractivity contribution in [2.45, 2.75) is 25.3 Å². The van der Waals surface area contributed by atoms with E-state index in [0.29, 0.717) is 17.5 Å². The van der Waals surface area contributed by atoms with Crippen LogP contribution in [0.5, 0.6) is 5.88 Å². The normalized spacial score (nSPS) is 15.4. The first kappa shape index (κ1) is 11.6. The first-order valence-electron chi connectivity index (χ1n) is 5.21. The number of hydrogen-bond acceptors (Lipinski definition) is 3. The van der Waals surface area contributed by atoms with Crippen LogP contribution in [0.3, 0.4) is 0 Å². The lowest BCUT2D eigenvalue weighted by Gasteiger charge is -2.26. The van der Waals surface area contributed by atoms with E-state index in [-0.39, 0.29) is 5.91 Å². The van der Waals surface area contributed by atoms with Crippen LogP contribution < -0.4 is 10.1 Å². The number of pyridine rings is 1. The number of methoxy groups -OCH3 is 1. The fourth-order valence-corrected chi connectivity index (χ4v) is 2.23. The van der Waals surface area contributed by atoms with Gasteiger partial charge in [0.15, 0.2) is 0 Å². The van der Waals surface area contributed by atoms with Gasteiger partial charge in [-0.05, 0) is 47.9 Å². The zero-order valence-corrected chi connectivity index (χ0v) is 11.2. The molecular weight excluding hydrogens is 319 g/mol. The van der Waals surface area contributed by atoms with Crippen LogP contribution >= 0.6 is 22.6 Å². The second kappa shape index (κ2) is 4.99. The Bertz CT molecular complexity index is 405. The largest absolute Gasteiger partial charge is 0.480 e. The third-order valence-electron chi connectivity index (χ3n) is 2.73. The molecule has 0 aromatic carbocycles. The minimum Gasteiger partial charge on any atom is -0.480 e. The van der Waals surface area contributed by atoms with Gasteiger partial charge in [0.25, 0.3) is 5.91 Å². The summed E-state index contributed by atoms with van der Waals surface area (Å²) in [6, 6.07) is 2.13. The highest BCUT2D eigenvalue weighted by Crippen LogP contribution is 2.23. The number of nitrogens with zero attached hydrogens (tertiary/aromatic N) is 1. The summed E-state index contributed by atoms with van der Waals surface area (Å²) in [7, 11) is 1.53. The van der Waals surface area contributed by atoms with Gasteiger partial charge < -0.3 is 10.1 Å². The molecular formula is C11H13IN2O2. The summed E-state index contributed by atoms with van der Waals surface area (Å²) in [5.74, 6) is 0.308. The molecule has 0 radical (unpaired) electrons. The maximum Gasteiger partial charge on any atom is 0.258 e. The van der Waals surface area contributed by atoms with Gasteiger partial charge in [-0.25, -0.2) is 4.98 Å². The van der Waals surface area contributed by atoms with E-state index in [1.54, 1.807) is 12.3 Å². The molecule has 1 saturated carbocycles. The number of carbonyl (C=O) groups excluding carboxylic acids is 1. The molecule has 1 aliphatic rings. The summed E-state index contributed by atoms with van der Waals surface area (Å²) in [5, 5.41) is 2.98. The Morgan fingerprint density at radius 3 is 2.94 bits per heavy atom. The third kappa shape index (κ3) is 2.28. The van der Waals surface area contributed by atoms with Gasteiger partial charge in [-0.1, -0.05) is 0 Å². The monoisotopic (exact) mass is 332 g/mol. The van der Waals surface area contributed by atoms with E-state index in [0.717, 1.165) is 16.4 Å². The van der Waals surface area contributed by atoms with Crippen molar-refractivity contribution >= 4 is 28.5 Å². The van der Waals surface area contributed by atoms with Crippen LogP contribution in [0.15, 0.2) is 12.3 Å². The maximum absolute atomic E-state index is 12.0. The Balaban J connectivity index is 2.20. The number of ether oxygens (including phenoxy) is 1. The zero-order valence-electron chi connectivity index (χ0n) is 9.00. The van der Waals surface area contributed by atoms with Crippen LogP contribution in [-0.4, -0.2) is 24.0 Å². The fraction of sp³-hybridized carbons (Fsp3) is 0.455. The Hall–Kier alpha value is -0.850. The highest BCUT2D eigenvalue weighted by Gasteiger charge is 2.23. The fourth-order valence-electron chi connectivity index (χ4n) is 1.59. The lowest BCUT2D eigenvalue weighted by atomic mass is 9.93. The van der Waals surface area contributed by atoms with Crippen LogP contribution in [-0.2, 0) is 0 Å². The number of halogens is 1. The molecule has 4 nitrogen and oxygen atoms in total. The highest BCUT2D eigenvalue weighted by molar-refractivity contribution is 14.1. The van der Waals surface area contributed by atoms with Crippen molar-refractivity contribution in [1.29, 1.82) is 0 Å². The predicted molar refractivity (Wildman–Crippen MR) is 68.6 cm³/mol. The van der Waals surface area contributed by atoms with Gasteiger partial charge >= 0.3 is 0 Å². The van der Waals surface area contributed by atoms with Crippen molar-refractivity contribution in [2.75, 3.05) is 7.11 Å². The van der Waals surface area contributed by atoms with Gasteiger partial charge in [-0.2, -0.15) is 0 Å². The Kier molecular flexibility index (Phi) is 3.63. The average Bonchev–Trinajstić information content (AvgIpc) is 2.22. The lowest BCUT2D eigenvalue weighted by molar-refractivity contribution is 0.0912. The van der Waals surface area contributed by atoms with E-state index in [9.17, 15) is 4.79 Å². The summed E-state index contributed by atoms with van der Waals surface area (Å²) < 4.78 is 5.97. The average molecular weight is 332 g/mol. The number of carbonyl (C=O) groups is 1. The molecule has 0 bridgehead atoms. The van der Waals surface area contributed by atoms with E-state index in [1.807, 2.05) is 0 Å². The number of rotatable bonds is 3. The van der Waals surface area contributed by atoms with Crippen LogP contribution in [0.25, 0.3) is 0 Å². The second-order valence-corrected chi connectivity index (χ2v) is 4.94. The molecule has 0 atom stereocenters. The molecule has 1 N–H and O–H groups in total. The summed E-state index contributed by atoms with van der Waals surface area (Å²) in [5.41, 5.74) is 0.539. The summed E-state index contributed by atoms with van der Waals surface area (Å²) >= 11 is 2.12. The number of amides is 1. The molecule has 86 valence electrons. The minimum atomic E-state index is -0.0842. The zero-order chi connectivity index (χ0) is 11.5. The first-order chi connectivity index (χ1) is 7.72. The van der Waals surface area contributed by atoms with Crippen molar-refractivity contribution in [3.8, 4) is 5.88 Å². The van der Waals surface area contributed by atoms with Crippen LogP contribution in [0, 0.1) is 3.57 Å². The summed E-state index contributed by atoms with van der Waals surface area (Å²) in [6.45, 7) is 0. The standard InChI is InChI=1S/C11H13IN2O2/c1-16-11-9(8(12)5-6-13-11)10(15)14-7-3-2-4-7/h5-7H,2-4H2,1H3,(H,14,15).